The first kappa shape index (κ1) is 19.3. The summed E-state index contributed by atoms with van der Waals surface area (Å²) in [6.07, 6.45) is 0.399. The van der Waals surface area contributed by atoms with Gasteiger partial charge in [-0.1, -0.05) is 29.8 Å². The van der Waals surface area contributed by atoms with E-state index in [1.165, 1.54) is 0 Å². The van der Waals surface area contributed by atoms with Crippen LogP contribution in [0.3, 0.4) is 0 Å². The molecule has 1 heterocycles. The number of ether oxygens (including phenoxy) is 1. The smallest absolute Gasteiger partial charge is 1.00 e. The van der Waals surface area contributed by atoms with Gasteiger partial charge in [-0.2, -0.15) is 8.42 Å². The van der Waals surface area contributed by atoms with Gasteiger partial charge in [0.2, 0.25) is 0 Å². The van der Waals surface area contributed by atoms with Crippen LogP contribution < -0.4 is 39.6 Å². The Morgan fingerprint density at radius 3 is 2.55 bits per heavy atom. The van der Waals surface area contributed by atoms with Crippen molar-refractivity contribution in [1.29, 1.82) is 0 Å². The molecule has 1 aromatic rings. The van der Waals surface area contributed by atoms with Gasteiger partial charge >= 0.3 is 35.6 Å². The van der Waals surface area contributed by atoms with Gasteiger partial charge in [0.1, 0.15) is 5.75 Å². The molecule has 2 N–H and O–H groups in total. The molecular formula is C12H14ClN2NaO5S. The molecule has 0 saturated heterocycles. The Hall–Kier alpha value is -0.770. The predicted molar refractivity (Wildman–Crippen MR) is 77.3 cm³/mol. The van der Waals surface area contributed by atoms with Crippen LogP contribution in [0.4, 0.5) is 4.79 Å². The van der Waals surface area contributed by atoms with E-state index in [-0.39, 0.29) is 36.0 Å². The number of rotatable bonds is 4. The summed E-state index contributed by atoms with van der Waals surface area (Å²) in [7, 11) is -4.52. The summed E-state index contributed by atoms with van der Waals surface area (Å²) in [6.45, 7) is 1.60. The van der Waals surface area contributed by atoms with Crippen molar-refractivity contribution in [2.24, 2.45) is 0 Å². The summed E-state index contributed by atoms with van der Waals surface area (Å²) in [4.78, 5) is 13.0. The zero-order valence-corrected chi connectivity index (χ0v) is 15.5. The van der Waals surface area contributed by atoms with Gasteiger partial charge in [-0.05, 0) is 19.1 Å². The Morgan fingerprint density at radius 1 is 1.41 bits per heavy atom. The Kier molecular flexibility index (Phi) is 6.72. The molecule has 2 rings (SSSR count). The molecule has 22 heavy (non-hydrogen) atoms. The average molecular weight is 357 g/mol. The topological polar surface area (TPSA) is 95.9 Å². The maximum atomic E-state index is 11.9. The molecule has 1 aliphatic heterocycles. The van der Waals surface area contributed by atoms with Gasteiger partial charge in [-0.15, -0.1) is 0 Å². The number of carbonyl (C=O) groups is 1. The van der Waals surface area contributed by atoms with Crippen LogP contribution in [0.15, 0.2) is 41.6 Å². The maximum absolute atomic E-state index is 11.9. The third kappa shape index (κ3) is 4.61. The van der Waals surface area contributed by atoms with E-state index < -0.39 is 27.8 Å². The molecule has 2 amide bonds. The number of hydrogen-bond acceptors (Lipinski definition) is 4. The number of halogens is 1. The number of benzene rings is 1. The number of carbonyl (C=O) groups excluding carboxylic acids is 1. The summed E-state index contributed by atoms with van der Waals surface area (Å²) in [5.74, 6) is 0.541. The van der Waals surface area contributed by atoms with Crippen LogP contribution in [0.2, 0.25) is 0 Å². The zero-order chi connectivity index (χ0) is 15.6. The number of amides is 2. The molecule has 7 nitrogen and oxygen atoms in total. The molecular weight excluding hydrogens is 343 g/mol. The molecule has 116 valence electrons. The standard InChI is InChI=1S/C12H13ClN2O5S.Na.H/c1-8(20-9-5-3-2-4-6-9)15-7-10(13)11(14-12(15)16)21(17,18)19;;/h2-8,11H,1H3,(H,14,16)(H,17,18,19);;/q;+1;-1. The predicted octanol–water partition coefficient (Wildman–Crippen LogP) is -1.15. The largest absolute Gasteiger partial charge is 1.00 e. The zero-order valence-electron chi connectivity index (χ0n) is 12.9. The molecule has 0 spiro atoms. The van der Waals surface area contributed by atoms with Crippen LogP contribution in [-0.4, -0.2) is 35.5 Å². The van der Waals surface area contributed by atoms with Gasteiger partial charge in [0, 0.05) is 6.20 Å². The Labute approximate surface area is 156 Å². The number of nitrogens with one attached hydrogen (secondary N) is 1. The Bertz CT molecular complexity index is 673. The Balaban J connectivity index is 0.00000242. The third-order valence-electron chi connectivity index (χ3n) is 2.74. The van der Waals surface area contributed by atoms with E-state index in [2.05, 4.69) is 5.32 Å². The molecule has 1 aliphatic rings. The molecule has 0 fully saturated rings. The molecule has 2 unspecified atom stereocenters. The van der Waals surface area contributed by atoms with Crippen LogP contribution >= 0.6 is 11.6 Å². The number of urea groups is 1. The van der Waals surface area contributed by atoms with Crippen molar-refractivity contribution in [2.45, 2.75) is 18.5 Å². The van der Waals surface area contributed by atoms with Gasteiger partial charge in [0.05, 0.1) is 5.03 Å². The summed E-state index contributed by atoms with van der Waals surface area (Å²) >= 11 is 5.78. The molecule has 0 bridgehead atoms. The first-order valence-electron chi connectivity index (χ1n) is 5.93. The van der Waals surface area contributed by atoms with Gasteiger partial charge in [-0.3, -0.25) is 9.45 Å². The normalized spacial score (nSPS) is 19.6. The number of hydrogen-bond donors (Lipinski definition) is 2. The SMILES string of the molecule is CC(Oc1ccccc1)N1C=C(Cl)C(S(=O)(=O)O)NC1=O.[H-].[Na+]. The fourth-order valence-electron chi connectivity index (χ4n) is 1.75. The van der Waals surface area contributed by atoms with Gasteiger partial charge in [-0.25, -0.2) is 4.79 Å². The second-order valence-corrected chi connectivity index (χ2v) is 6.23. The van der Waals surface area contributed by atoms with Crippen molar-refractivity contribution in [3.05, 3.63) is 41.6 Å². The fraction of sp³-hybridized carbons (Fsp3) is 0.250. The minimum Gasteiger partial charge on any atom is -1.00 e. The van der Waals surface area contributed by atoms with Crippen LogP contribution in [0.1, 0.15) is 8.35 Å². The molecule has 2 atom stereocenters. The van der Waals surface area contributed by atoms with Gasteiger partial charge < -0.3 is 11.5 Å². The van der Waals surface area contributed by atoms with E-state index in [1.807, 2.05) is 6.07 Å². The second kappa shape index (κ2) is 7.67. The van der Waals surface area contributed by atoms with E-state index in [1.54, 1.807) is 31.2 Å². The minimum atomic E-state index is -4.52. The van der Waals surface area contributed by atoms with Gasteiger partial charge in [0.25, 0.3) is 10.1 Å². The van der Waals surface area contributed by atoms with Crippen molar-refractivity contribution in [3.63, 3.8) is 0 Å². The minimum absolute atomic E-state index is 0. The fourth-order valence-corrected chi connectivity index (χ4v) is 2.85. The summed E-state index contributed by atoms with van der Waals surface area (Å²) in [5, 5.41) is 0.196. The summed E-state index contributed by atoms with van der Waals surface area (Å²) in [6, 6.07) is 8.05. The van der Waals surface area contributed by atoms with Crippen molar-refractivity contribution in [1.82, 2.24) is 10.2 Å². The first-order valence-corrected chi connectivity index (χ1v) is 7.81. The van der Waals surface area contributed by atoms with Crippen LogP contribution in [-0.2, 0) is 10.1 Å². The molecule has 0 aliphatic carbocycles. The van der Waals surface area contributed by atoms with Crippen molar-refractivity contribution < 1.29 is 53.5 Å². The van der Waals surface area contributed by atoms with E-state index in [4.69, 9.17) is 20.9 Å². The van der Waals surface area contributed by atoms with E-state index in [0.717, 1.165) is 11.1 Å². The van der Waals surface area contributed by atoms with Crippen molar-refractivity contribution in [2.75, 3.05) is 0 Å². The summed E-state index contributed by atoms with van der Waals surface area (Å²) < 4.78 is 36.7. The van der Waals surface area contributed by atoms with E-state index >= 15 is 0 Å². The molecule has 1 aromatic carbocycles. The first-order chi connectivity index (χ1) is 9.79. The number of nitrogens with zero attached hydrogens (tertiary/aromatic N) is 1. The monoisotopic (exact) mass is 356 g/mol. The molecule has 0 aromatic heterocycles. The van der Waals surface area contributed by atoms with Crippen LogP contribution in [0.25, 0.3) is 0 Å². The average Bonchev–Trinajstić information content (AvgIpc) is 2.40. The third-order valence-corrected chi connectivity index (χ3v) is 4.15. The molecule has 0 radical (unpaired) electrons. The van der Waals surface area contributed by atoms with Gasteiger partial charge in [0.15, 0.2) is 11.6 Å². The van der Waals surface area contributed by atoms with E-state index in [9.17, 15) is 13.2 Å². The molecule has 0 saturated carbocycles. The second-order valence-electron chi connectivity index (χ2n) is 4.30. The molecule has 10 heteroatoms. The maximum Gasteiger partial charge on any atom is 1.00 e. The Morgan fingerprint density at radius 2 is 2.00 bits per heavy atom. The number of para-hydroxylation sites is 1. The summed E-state index contributed by atoms with van der Waals surface area (Å²) in [5.41, 5.74) is 0. The van der Waals surface area contributed by atoms with Crippen molar-refractivity contribution in [3.8, 4) is 5.75 Å². The van der Waals surface area contributed by atoms with Crippen LogP contribution in [0, 0.1) is 0 Å². The quantitative estimate of drug-likeness (QED) is 0.524. The van der Waals surface area contributed by atoms with Crippen molar-refractivity contribution >= 4 is 27.8 Å². The van der Waals surface area contributed by atoms with Crippen LogP contribution in [0.5, 0.6) is 5.75 Å². The van der Waals surface area contributed by atoms with E-state index in [0.29, 0.717) is 5.75 Å².